The van der Waals surface area contributed by atoms with Gasteiger partial charge in [-0.2, -0.15) is 0 Å². The summed E-state index contributed by atoms with van der Waals surface area (Å²) in [5, 5.41) is 0. The van der Waals surface area contributed by atoms with Gasteiger partial charge < -0.3 is 4.74 Å². The highest BCUT2D eigenvalue weighted by atomic mass is 79.9. The zero-order valence-corrected chi connectivity index (χ0v) is 11.5. The molecule has 0 atom stereocenters. The second kappa shape index (κ2) is 4.16. The lowest BCUT2D eigenvalue weighted by molar-refractivity contribution is 0.392. The van der Waals surface area contributed by atoms with Crippen LogP contribution in [0, 0.1) is 0 Å². The van der Waals surface area contributed by atoms with E-state index in [4.69, 9.17) is 4.74 Å². The van der Waals surface area contributed by atoms with Crippen LogP contribution in [-0.4, -0.2) is 16.5 Å². The zero-order chi connectivity index (χ0) is 11.8. The summed E-state index contributed by atoms with van der Waals surface area (Å²) < 4.78 is 8.35. The number of thiophene rings is 1. The van der Waals surface area contributed by atoms with Gasteiger partial charge in [0, 0.05) is 6.20 Å². The van der Waals surface area contributed by atoms with Crippen LogP contribution in [0.1, 0.15) is 0 Å². The Morgan fingerprint density at radius 3 is 2.88 bits per heavy atom. The predicted molar refractivity (Wildman–Crippen MR) is 72.8 cm³/mol. The predicted octanol–water partition coefficient (Wildman–Crippen LogP) is 3.83. The highest BCUT2D eigenvalue weighted by molar-refractivity contribution is 9.11. The molecule has 0 aliphatic rings. The number of nitrogens with zero attached hydrogens (tertiary/aromatic N) is 2. The quantitative estimate of drug-likeness (QED) is 0.719. The van der Waals surface area contributed by atoms with E-state index in [9.17, 15) is 0 Å². The lowest BCUT2D eigenvalue weighted by atomic mass is 10.4. The van der Waals surface area contributed by atoms with Crippen molar-refractivity contribution in [2.75, 3.05) is 7.11 Å². The standard InChI is InChI=1S/C12H9BrN2OS/c1-16-12-4-2-3-11-14-8(7-15(11)12)9-5-6-10(13)17-9/h2-7H,1H3. The van der Waals surface area contributed by atoms with Crippen LogP contribution in [0.3, 0.4) is 0 Å². The lowest BCUT2D eigenvalue weighted by Gasteiger charge is -2.01. The Labute approximate surface area is 111 Å². The van der Waals surface area contributed by atoms with Gasteiger partial charge in [0.2, 0.25) is 0 Å². The molecule has 0 aliphatic heterocycles. The van der Waals surface area contributed by atoms with Crippen molar-refractivity contribution >= 4 is 32.9 Å². The number of halogens is 1. The Kier molecular flexibility index (Phi) is 2.64. The molecule has 0 spiro atoms. The van der Waals surface area contributed by atoms with Crippen molar-refractivity contribution in [3.05, 3.63) is 40.3 Å². The van der Waals surface area contributed by atoms with E-state index in [1.807, 2.05) is 34.9 Å². The van der Waals surface area contributed by atoms with Gasteiger partial charge in [-0.3, -0.25) is 4.40 Å². The summed E-state index contributed by atoms with van der Waals surface area (Å²) >= 11 is 5.13. The molecule has 5 heteroatoms. The minimum atomic E-state index is 0.789. The molecule has 0 radical (unpaired) electrons. The molecule has 0 fully saturated rings. The number of aromatic nitrogens is 2. The molecule has 3 heterocycles. The average Bonchev–Trinajstić information content (AvgIpc) is 2.93. The highest BCUT2D eigenvalue weighted by Crippen LogP contribution is 2.31. The molecule has 17 heavy (non-hydrogen) atoms. The van der Waals surface area contributed by atoms with Crippen molar-refractivity contribution in [1.82, 2.24) is 9.38 Å². The Morgan fingerprint density at radius 1 is 1.29 bits per heavy atom. The Hall–Kier alpha value is -1.33. The summed E-state index contributed by atoms with van der Waals surface area (Å²) in [4.78, 5) is 5.72. The van der Waals surface area contributed by atoms with E-state index in [-0.39, 0.29) is 0 Å². The number of fused-ring (bicyclic) bond motifs is 1. The van der Waals surface area contributed by atoms with Crippen LogP contribution < -0.4 is 4.74 Å². The SMILES string of the molecule is COc1cccc2nc(-c3ccc(Br)s3)cn12. The number of pyridine rings is 1. The second-order valence-electron chi connectivity index (χ2n) is 3.53. The molecule has 0 aliphatic carbocycles. The van der Waals surface area contributed by atoms with E-state index in [2.05, 4.69) is 27.0 Å². The molecule has 3 aromatic rings. The molecule has 3 aromatic heterocycles. The van der Waals surface area contributed by atoms with Gasteiger partial charge in [-0.05, 0) is 40.2 Å². The normalized spacial score (nSPS) is 10.9. The average molecular weight is 309 g/mol. The second-order valence-corrected chi connectivity index (χ2v) is 5.99. The first kappa shape index (κ1) is 10.8. The fourth-order valence-electron chi connectivity index (χ4n) is 1.72. The fraction of sp³-hybridized carbons (Fsp3) is 0.0833. The molecule has 3 nitrogen and oxygen atoms in total. The van der Waals surface area contributed by atoms with Gasteiger partial charge in [0.1, 0.15) is 5.65 Å². The Bertz CT molecular complexity index is 674. The van der Waals surface area contributed by atoms with Crippen molar-refractivity contribution < 1.29 is 4.74 Å². The van der Waals surface area contributed by atoms with Crippen molar-refractivity contribution in [2.24, 2.45) is 0 Å². The number of imidazole rings is 1. The van der Waals surface area contributed by atoms with Gasteiger partial charge in [-0.1, -0.05) is 6.07 Å². The monoisotopic (exact) mass is 308 g/mol. The maximum atomic E-state index is 5.30. The summed E-state index contributed by atoms with van der Waals surface area (Å²) in [6.07, 6.45) is 1.99. The molecule has 0 bridgehead atoms. The first-order chi connectivity index (χ1) is 8.28. The zero-order valence-electron chi connectivity index (χ0n) is 9.05. The van der Waals surface area contributed by atoms with Crippen LogP contribution in [-0.2, 0) is 0 Å². The number of ether oxygens (including phenoxy) is 1. The van der Waals surface area contributed by atoms with Crippen LogP contribution in [0.25, 0.3) is 16.2 Å². The topological polar surface area (TPSA) is 26.5 Å². The van der Waals surface area contributed by atoms with Gasteiger partial charge in [-0.25, -0.2) is 4.98 Å². The highest BCUT2D eigenvalue weighted by Gasteiger charge is 2.08. The van der Waals surface area contributed by atoms with Crippen LogP contribution >= 0.6 is 27.3 Å². The smallest absolute Gasteiger partial charge is 0.198 e. The molecule has 0 N–H and O–H groups in total. The molecule has 0 saturated heterocycles. The molecule has 0 amide bonds. The number of methoxy groups -OCH3 is 1. The van der Waals surface area contributed by atoms with E-state index in [1.54, 1.807) is 18.4 Å². The van der Waals surface area contributed by atoms with Gasteiger partial charge in [0.25, 0.3) is 0 Å². The molecule has 3 rings (SSSR count). The van der Waals surface area contributed by atoms with Crippen LogP contribution in [0.15, 0.2) is 40.3 Å². The lowest BCUT2D eigenvalue weighted by Crippen LogP contribution is -1.91. The van der Waals surface area contributed by atoms with Crippen LogP contribution in [0.5, 0.6) is 5.88 Å². The van der Waals surface area contributed by atoms with Crippen LogP contribution in [0.4, 0.5) is 0 Å². The Balaban J connectivity index is 2.19. The molecular formula is C12H9BrN2OS. The third kappa shape index (κ3) is 1.85. The van der Waals surface area contributed by atoms with Crippen LogP contribution in [0.2, 0.25) is 0 Å². The Morgan fingerprint density at radius 2 is 2.18 bits per heavy atom. The number of hydrogen-bond acceptors (Lipinski definition) is 3. The van der Waals surface area contributed by atoms with E-state index in [0.717, 1.165) is 25.9 Å². The van der Waals surface area contributed by atoms with Gasteiger partial charge in [-0.15, -0.1) is 11.3 Å². The third-order valence-electron chi connectivity index (χ3n) is 2.49. The van der Waals surface area contributed by atoms with Crippen molar-refractivity contribution in [3.8, 4) is 16.5 Å². The maximum absolute atomic E-state index is 5.30. The first-order valence-corrected chi connectivity index (χ1v) is 6.67. The van der Waals surface area contributed by atoms with Crippen molar-refractivity contribution in [2.45, 2.75) is 0 Å². The summed E-state index contributed by atoms with van der Waals surface area (Å²) in [6, 6.07) is 9.91. The molecule has 0 saturated carbocycles. The summed E-state index contributed by atoms with van der Waals surface area (Å²) in [6.45, 7) is 0. The molecular weight excluding hydrogens is 300 g/mol. The summed E-state index contributed by atoms with van der Waals surface area (Å²) in [7, 11) is 1.66. The molecule has 86 valence electrons. The maximum Gasteiger partial charge on any atom is 0.198 e. The molecule has 0 unspecified atom stereocenters. The van der Waals surface area contributed by atoms with Crippen molar-refractivity contribution in [1.29, 1.82) is 0 Å². The first-order valence-electron chi connectivity index (χ1n) is 5.06. The summed E-state index contributed by atoms with van der Waals surface area (Å²) in [5.74, 6) is 0.789. The van der Waals surface area contributed by atoms with Gasteiger partial charge in [0.15, 0.2) is 5.88 Å². The third-order valence-corrected chi connectivity index (χ3v) is 4.14. The minimum absolute atomic E-state index is 0.789. The fourth-order valence-corrected chi connectivity index (χ4v) is 3.06. The van der Waals surface area contributed by atoms with E-state index >= 15 is 0 Å². The largest absolute Gasteiger partial charge is 0.482 e. The number of rotatable bonds is 2. The van der Waals surface area contributed by atoms with Crippen molar-refractivity contribution in [3.63, 3.8) is 0 Å². The van der Waals surface area contributed by atoms with E-state index < -0.39 is 0 Å². The minimum Gasteiger partial charge on any atom is -0.482 e. The summed E-state index contributed by atoms with van der Waals surface area (Å²) in [5.41, 5.74) is 1.86. The van der Waals surface area contributed by atoms with E-state index in [1.165, 1.54) is 0 Å². The van der Waals surface area contributed by atoms with E-state index in [0.29, 0.717) is 0 Å². The number of hydrogen-bond donors (Lipinski definition) is 0. The van der Waals surface area contributed by atoms with Gasteiger partial charge in [0.05, 0.1) is 21.5 Å². The van der Waals surface area contributed by atoms with Gasteiger partial charge >= 0.3 is 0 Å². The molecule has 0 aromatic carbocycles.